The van der Waals surface area contributed by atoms with E-state index in [1.165, 1.54) is 0 Å². The minimum absolute atomic E-state index is 0.0365. The van der Waals surface area contributed by atoms with E-state index in [9.17, 15) is 9.90 Å². The third kappa shape index (κ3) is 7.76. The molecular formula is C15H24N2O3. The van der Waals surface area contributed by atoms with Crippen molar-refractivity contribution < 1.29 is 14.6 Å². The summed E-state index contributed by atoms with van der Waals surface area (Å²) in [6, 6.07) is 9.37. The van der Waals surface area contributed by atoms with Gasteiger partial charge in [0, 0.05) is 26.1 Å². The second-order valence-electron chi connectivity index (χ2n) is 4.58. The second-order valence-corrected chi connectivity index (χ2v) is 4.58. The minimum Gasteiger partial charge on any atom is -0.491 e. The summed E-state index contributed by atoms with van der Waals surface area (Å²) in [4.78, 5) is 11.3. The fourth-order valence-electron chi connectivity index (χ4n) is 1.59. The lowest BCUT2D eigenvalue weighted by Crippen LogP contribution is -2.34. The molecule has 0 aliphatic heterocycles. The Labute approximate surface area is 120 Å². The first-order valence-electron chi connectivity index (χ1n) is 7.05. The number of rotatable bonds is 10. The summed E-state index contributed by atoms with van der Waals surface area (Å²) in [7, 11) is 0. The monoisotopic (exact) mass is 280 g/mol. The third-order valence-corrected chi connectivity index (χ3v) is 2.67. The van der Waals surface area contributed by atoms with Crippen LogP contribution in [0.4, 0.5) is 0 Å². The summed E-state index contributed by atoms with van der Waals surface area (Å²) in [5.41, 5.74) is 0. The van der Waals surface area contributed by atoms with Crippen molar-refractivity contribution in [2.24, 2.45) is 0 Å². The van der Waals surface area contributed by atoms with Gasteiger partial charge in [-0.25, -0.2) is 0 Å². The average Bonchev–Trinajstić information content (AvgIpc) is 2.48. The molecule has 1 unspecified atom stereocenters. The van der Waals surface area contributed by atoms with E-state index in [-0.39, 0.29) is 12.5 Å². The number of carbonyl (C=O) groups is 1. The van der Waals surface area contributed by atoms with Gasteiger partial charge in [-0.2, -0.15) is 0 Å². The fraction of sp³-hybridized carbons (Fsp3) is 0.533. The zero-order chi connectivity index (χ0) is 14.6. The van der Waals surface area contributed by atoms with Crippen LogP contribution in [0.1, 0.15) is 19.8 Å². The van der Waals surface area contributed by atoms with Crippen molar-refractivity contribution in [2.45, 2.75) is 25.9 Å². The van der Waals surface area contributed by atoms with Crippen LogP contribution >= 0.6 is 0 Å². The number of nitrogens with one attached hydrogen (secondary N) is 2. The molecule has 0 aromatic heterocycles. The quantitative estimate of drug-likeness (QED) is 0.558. The molecule has 0 aliphatic rings. The van der Waals surface area contributed by atoms with Crippen LogP contribution in [0, 0.1) is 0 Å². The molecule has 5 heteroatoms. The van der Waals surface area contributed by atoms with Crippen molar-refractivity contribution in [3.8, 4) is 5.75 Å². The topological polar surface area (TPSA) is 70.6 Å². The third-order valence-electron chi connectivity index (χ3n) is 2.67. The van der Waals surface area contributed by atoms with E-state index >= 15 is 0 Å². The molecule has 5 nitrogen and oxygen atoms in total. The van der Waals surface area contributed by atoms with Gasteiger partial charge in [0.1, 0.15) is 18.5 Å². The lowest BCUT2D eigenvalue weighted by molar-refractivity contribution is -0.121. The Morgan fingerprint density at radius 3 is 2.75 bits per heavy atom. The van der Waals surface area contributed by atoms with E-state index in [2.05, 4.69) is 10.6 Å². The molecule has 0 saturated carbocycles. The summed E-state index contributed by atoms with van der Waals surface area (Å²) >= 11 is 0. The van der Waals surface area contributed by atoms with Gasteiger partial charge < -0.3 is 20.5 Å². The Hall–Kier alpha value is -1.59. The predicted octanol–water partition coefficient (Wildman–Crippen LogP) is 0.932. The van der Waals surface area contributed by atoms with Crippen LogP contribution in [-0.2, 0) is 4.79 Å². The van der Waals surface area contributed by atoms with Crippen LogP contribution < -0.4 is 15.4 Å². The number of aliphatic hydroxyl groups excluding tert-OH is 1. The molecule has 0 heterocycles. The van der Waals surface area contributed by atoms with Crippen molar-refractivity contribution in [1.29, 1.82) is 0 Å². The van der Waals surface area contributed by atoms with Gasteiger partial charge in [0.05, 0.1) is 0 Å². The molecule has 1 aromatic carbocycles. The SMILES string of the molecule is CCCNC(=O)CCNCC(O)COc1ccccc1. The number of benzene rings is 1. The Kier molecular flexibility index (Phi) is 8.42. The number of carbonyl (C=O) groups excluding carboxylic acids is 1. The molecule has 1 rings (SSSR count). The summed E-state index contributed by atoms with van der Waals surface area (Å²) in [5, 5.41) is 15.6. The first-order chi connectivity index (χ1) is 9.72. The molecule has 0 saturated heterocycles. The standard InChI is InChI=1S/C15H24N2O3/c1-2-9-17-15(19)8-10-16-11-13(18)12-20-14-6-4-3-5-7-14/h3-7,13,16,18H,2,8-12H2,1H3,(H,17,19). The minimum atomic E-state index is -0.589. The first-order valence-corrected chi connectivity index (χ1v) is 7.05. The molecular weight excluding hydrogens is 256 g/mol. The summed E-state index contributed by atoms with van der Waals surface area (Å²) in [5.74, 6) is 0.778. The molecule has 0 radical (unpaired) electrons. The van der Waals surface area contributed by atoms with Gasteiger partial charge in [-0.05, 0) is 18.6 Å². The summed E-state index contributed by atoms with van der Waals surface area (Å²) in [6.07, 6.45) is 0.773. The maximum absolute atomic E-state index is 11.3. The average molecular weight is 280 g/mol. The van der Waals surface area contributed by atoms with Gasteiger partial charge in [-0.3, -0.25) is 4.79 Å². The van der Waals surface area contributed by atoms with Gasteiger partial charge in [0.15, 0.2) is 0 Å². The maximum Gasteiger partial charge on any atom is 0.221 e. The largest absolute Gasteiger partial charge is 0.491 e. The molecule has 20 heavy (non-hydrogen) atoms. The van der Waals surface area contributed by atoms with Gasteiger partial charge in [0.25, 0.3) is 0 Å². The highest BCUT2D eigenvalue weighted by Crippen LogP contribution is 2.08. The number of hydrogen-bond acceptors (Lipinski definition) is 4. The van der Waals surface area contributed by atoms with Gasteiger partial charge >= 0.3 is 0 Å². The predicted molar refractivity (Wildman–Crippen MR) is 78.7 cm³/mol. The Bertz CT molecular complexity index is 371. The van der Waals surface area contributed by atoms with E-state index in [1.54, 1.807) is 0 Å². The first kappa shape index (κ1) is 16.5. The van der Waals surface area contributed by atoms with Crippen molar-refractivity contribution in [3.63, 3.8) is 0 Å². The lowest BCUT2D eigenvalue weighted by atomic mass is 10.3. The maximum atomic E-state index is 11.3. The summed E-state index contributed by atoms with van der Waals surface area (Å²) in [6.45, 7) is 3.93. The Morgan fingerprint density at radius 1 is 1.30 bits per heavy atom. The van der Waals surface area contributed by atoms with Crippen molar-refractivity contribution in [2.75, 3.05) is 26.2 Å². The van der Waals surface area contributed by atoms with Crippen molar-refractivity contribution in [3.05, 3.63) is 30.3 Å². The van der Waals surface area contributed by atoms with Crippen LogP contribution in [-0.4, -0.2) is 43.4 Å². The van der Waals surface area contributed by atoms with Crippen molar-refractivity contribution >= 4 is 5.91 Å². The molecule has 0 fully saturated rings. The van der Waals surface area contributed by atoms with E-state index in [0.717, 1.165) is 12.2 Å². The molecule has 0 bridgehead atoms. The number of aliphatic hydroxyl groups is 1. The zero-order valence-corrected chi connectivity index (χ0v) is 12.0. The lowest BCUT2D eigenvalue weighted by Gasteiger charge is -2.13. The Balaban J connectivity index is 2.03. The van der Waals surface area contributed by atoms with E-state index in [1.807, 2.05) is 37.3 Å². The molecule has 0 aliphatic carbocycles. The van der Waals surface area contributed by atoms with Crippen molar-refractivity contribution in [1.82, 2.24) is 10.6 Å². The van der Waals surface area contributed by atoms with Crippen LogP contribution in [0.15, 0.2) is 30.3 Å². The van der Waals surface area contributed by atoms with Gasteiger partial charge in [-0.15, -0.1) is 0 Å². The fourth-order valence-corrected chi connectivity index (χ4v) is 1.59. The van der Waals surface area contributed by atoms with Crippen LogP contribution in [0.5, 0.6) is 5.75 Å². The zero-order valence-electron chi connectivity index (χ0n) is 12.0. The highest BCUT2D eigenvalue weighted by molar-refractivity contribution is 5.75. The second kappa shape index (κ2) is 10.2. The van der Waals surface area contributed by atoms with Crippen LogP contribution in [0.3, 0.4) is 0 Å². The Morgan fingerprint density at radius 2 is 2.05 bits per heavy atom. The molecule has 3 N–H and O–H groups in total. The van der Waals surface area contributed by atoms with Crippen LogP contribution in [0.2, 0.25) is 0 Å². The number of para-hydroxylation sites is 1. The molecule has 112 valence electrons. The van der Waals surface area contributed by atoms with E-state index in [0.29, 0.717) is 26.1 Å². The van der Waals surface area contributed by atoms with Crippen LogP contribution in [0.25, 0.3) is 0 Å². The summed E-state index contributed by atoms with van der Waals surface area (Å²) < 4.78 is 5.43. The van der Waals surface area contributed by atoms with Gasteiger partial charge in [0.2, 0.25) is 5.91 Å². The number of amides is 1. The smallest absolute Gasteiger partial charge is 0.221 e. The number of hydrogen-bond donors (Lipinski definition) is 3. The molecule has 1 aromatic rings. The molecule has 1 amide bonds. The molecule has 0 spiro atoms. The van der Waals surface area contributed by atoms with Gasteiger partial charge in [-0.1, -0.05) is 25.1 Å². The molecule has 1 atom stereocenters. The highest BCUT2D eigenvalue weighted by Gasteiger charge is 2.05. The number of ether oxygens (including phenoxy) is 1. The van der Waals surface area contributed by atoms with E-state index < -0.39 is 6.10 Å². The van der Waals surface area contributed by atoms with E-state index in [4.69, 9.17) is 4.74 Å². The highest BCUT2D eigenvalue weighted by atomic mass is 16.5. The normalized spacial score (nSPS) is 11.9.